The standard InChI is InChI=1S/C42H76N2O4/c1-3-5-7-9-11-13-14-15-16-17-18-20-22-25-39-27-28-40(41(37-39)47-36-23-21-19-12-10-8-6-4-2)38-48-42(46)26-24-29-43-30-32-44(33-31-43)34-35-45/h27-28,37,45H,3-26,29-36,38H2,1-2H3. The molecule has 1 aliphatic rings. The number of aliphatic hydroxyl groups is 1. The Hall–Kier alpha value is -1.63. The van der Waals surface area contributed by atoms with Crippen LogP contribution in [0.4, 0.5) is 0 Å². The van der Waals surface area contributed by atoms with E-state index in [1.54, 1.807) is 0 Å². The lowest BCUT2D eigenvalue weighted by atomic mass is 10.0. The molecule has 1 N–H and O–H groups in total. The summed E-state index contributed by atoms with van der Waals surface area (Å²) in [6.45, 7) is 11.4. The minimum atomic E-state index is -0.126. The van der Waals surface area contributed by atoms with Crippen LogP contribution < -0.4 is 4.74 Å². The first-order valence-electron chi connectivity index (χ1n) is 20.6. The van der Waals surface area contributed by atoms with E-state index >= 15 is 0 Å². The van der Waals surface area contributed by atoms with Crippen molar-refractivity contribution in [3.63, 3.8) is 0 Å². The minimum absolute atomic E-state index is 0.126. The number of aliphatic hydroxyl groups excluding tert-OH is 1. The molecule has 2 rings (SSSR count). The van der Waals surface area contributed by atoms with Crippen LogP contribution in [-0.4, -0.2) is 73.4 Å². The summed E-state index contributed by atoms with van der Waals surface area (Å²) in [6, 6.07) is 6.55. The lowest BCUT2D eigenvalue weighted by Crippen LogP contribution is -2.47. The Morgan fingerprint density at radius 1 is 0.646 bits per heavy atom. The molecule has 6 nitrogen and oxygen atoms in total. The Labute approximate surface area is 296 Å². The molecule has 6 heteroatoms. The molecule has 1 aromatic carbocycles. The monoisotopic (exact) mass is 673 g/mol. The molecule has 1 aromatic rings. The Kier molecular flexibility index (Phi) is 26.8. The highest BCUT2D eigenvalue weighted by Crippen LogP contribution is 2.24. The van der Waals surface area contributed by atoms with Gasteiger partial charge in [-0.1, -0.05) is 148 Å². The highest BCUT2D eigenvalue weighted by atomic mass is 16.5. The van der Waals surface area contributed by atoms with E-state index < -0.39 is 0 Å². The number of rotatable bonds is 32. The number of aryl methyl sites for hydroxylation is 1. The van der Waals surface area contributed by atoms with Gasteiger partial charge in [0.25, 0.3) is 0 Å². The zero-order valence-electron chi connectivity index (χ0n) is 31.6. The van der Waals surface area contributed by atoms with Crippen LogP contribution in [0.15, 0.2) is 18.2 Å². The van der Waals surface area contributed by atoms with Crippen molar-refractivity contribution in [3.8, 4) is 5.75 Å². The first kappa shape index (κ1) is 42.5. The van der Waals surface area contributed by atoms with E-state index in [1.807, 2.05) is 0 Å². The van der Waals surface area contributed by atoms with Crippen LogP contribution in [-0.2, 0) is 22.6 Å². The quantitative estimate of drug-likeness (QED) is 0.0607. The SMILES string of the molecule is CCCCCCCCCCCCCCCc1ccc(COC(=O)CCCN2CCN(CCO)CC2)c(OCCCCCCCCCC)c1. The summed E-state index contributed by atoms with van der Waals surface area (Å²) in [5.74, 6) is 0.776. The van der Waals surface area contributed by atoms with E-state index in [9.17, 15) is 4.79 Å². The van der Waals surface area contributed by atoms with Crippen LogP contribution in [0.2, 0.25) is 0 Å². The van der Waals surface area contributed by atoms with Gasteiger partial charge < -0.3 is 19.5 Å². The molecule has 48 heavy (non-hydrogen) atoms. The van der Waals surface area contributed by atoms with E-state index in [-0.39, 0.29) is 19.2 Å². The number of piperazine rings is 1. The van der Waals surface area contributed by atoms with E-state index in [2.05, 4.69) is 41.8 Å². The summed E-state index contributed by atoms with van der Waals surface area (Å²) in [5.41, 5.74) is 2.31. The van der Waals surface area contributed by atoms with Gasteiger partial charge in [0, 0.05) is 44.7 Å². The Morgan fingerprint density at radius 3 is 1.69 bits per heavy atom. The second-order valence-corrected chi connectivity index (χ2v) is 14.4. The fourth-order valence-corrected chi connectivity index (χ4v) is 6.83. The van der Waals surface area contributed by atoms with Crippen molar-refractivity contribution in [3.05, 3.63) is 29.3 Å². The third kappa shape index (κ3) is 22.2. The number of carbonyl (C=O) groups is 1. The van der Waals surface area contributed by atoms with Crippen LogP contribution >= 0.6 is 0 Å². The average Bonchev–Trinajstić information content (AvgIpc) is 3.10. The molecular formula is C42H76N2O4. The van der Waals surface area contributed by atoms with Gasteiger partial charge in [-0.15, -0.1) is 0 Å². The van der Waals surface area contributed by atoms with Crippen molar-refractivity contribution in [2.24, 2.45) is 0 Å². The summed E-state index contributed by atoms with van der Waals surface area (Å²) in [5, 5.41) is 9.15. The van der Waals surface area contributed by atoms with Crippen molar-refractivity contribution in [1.82, 2.24) is 9.80 Å². The van der Waals surface area contributed by atoms with Gasteiger partial charge in [0.05, 0.1) is 13.2 Å². The van der Waals surface area contributed by atoms with Crippen molar-refractivity contribution < 1.29 is 19.4 Å². The summed E-state index contributed by atoms with van der Waals surface area (Å²) >= 11 is 0. The number of ether oxygens (including phenoxy) is 2. The number of hydrogen-bond donors (Lipinski definition) is 1. The Balaban J connectivity index is 1.70. The molecule has 0 bridgehead atoms. The number of carbonyl (C=O) groups excluding carboxylic acids is 1. The summed E-state index contributed by atoms with van der Waals surface area (Å²) < 4.78 is 12.1. The van der Waals surface area contributed by atoms with Gasteiger partial charge in [-0.2, -0.15) is 0 Å². The molecule has 0 saturated carbocycles. The third-order valence-corrected chi connectivity index (χ3v) is 10.1. The fourth-order valence-electron chi connectivity index (χ4n) is 6.83. The van der Waals surface area contributed by atoms with Crippen LogP contribution in [0.3, 0.4) is 0 Å². The van der Waals surface area contributed by atoms with Gasteiger partial charge in [-0.3, -0.25) is 9.69 Å². The zero-order valence-corrected chi connectivity index (χ0v) is 31.6. The number of nitrogens with zero attached hydrogens (tertiary/aromatic N) is 2. The van der Waals surface area contributed by atoms with E-state index in [4.69, 9.17) is 14.6 Å². The maximum atomic E-state index is 12.6. The van der Waals surface area contributed by atoms with Crippen LogP contribution in [0.1, 0.15) is 173 Å². The maximum Gasteiger partial charge on any atom is 0.306 e. The smallest absolute Gasteiger partial charge is 0.306 e. The highest BCUT2D eigenvalue weighted by molar-refractivity contribution is 5.69. The van der Waals surface area contributed by atoms with Crippen LogP contribution in [0.5, 0.6) is 5.75 Å². The molecule has 0 aliphatic carbocycles. The fraction of sp³-hybridized carbons (Fsp3) is 0.833. The average molecular weight is 673 g/mol. The summed E-state index contributed by atoms with van der Waals surface area (Å²) in [7, 11) is 0. The molecule has 0 atom stereocenters. The molecule has 0 amide bonds. The van der Waals surface area contributed by atoms with Gasteiger partial charge in [-0.05, 0) is 43.9 Å². The number of unbranched alkanes of at least 4 members (excludes halogenated alkanes) is 19. The summed E-state index contributed by atoms with van der Waals surface area (Å²) in [4.78, 5) is 17.3. The lowest BCUT2D eigenvalue weighted by Gasteiger charge is -2.34. The van der Waals surface area contributed by atoms with E-state index in [0.717, 1.165) is 76.5 Å². The lowest BCUT2D eigenvalue weighted by molar-refractivity contribution is -0.145. The molecule has 1 fully saturated rings. The van der Waals surface area contributed by atoms with Gasteiger partial charge in [0.1, 0.15) is 12.4 Å². The van der Waals surface area contributed by atoms with Crippen molar-refractivity contribution in [2.75, 3.05) is 52.5 Å². The molecule has 0 aromatic heterocycles. The molecular weight excluding hydrogens is 596 g/mol. The van der Waals surface area contributed by atoms with Crippen LogP contribution in [0.25, 0.3) is 0 Å². The molecule has 0 spiro atoms. The third-order valence-electron chi connectivity index (χ3n) is 10.1. The molecule has 1 aliphatic heterocycles. The molecule has 1 heterocycles. The van der Waals surface area contributed by atoms with Gasteiger partial charge in [0.15, 0.2) is 0 Å². The first-order valence-corrected chi connectivity index (χ1v) is 20.6. The van der Waals surface area contributed by atoms with Gasteiger partial charge in [0.2, 0.25) is 0 Å². The van der Waals surface area contributed by atoms with Crippen LogP contribution in [0, 0.1) is 0 Å². The largest absolute Gasteiger partial charge is 0.493 e. The highest BCUT2D eigenvalue weighted by Gasteiger charge is 2.16. The maximum absolute atomic E-state index is 12.6. The molecule has 0 unspecified atom stereocenters. The van der Waals surface area contributed by atoms with E-state index in [0.29, 0.717) is 6.42 Å². The summed E-state index contributed by atoms with van der Waals surface area (Å²) in [6.07, 6.45) is 30.5. The normalized spacial score (nSPS) is 14.1. The topological polar surface area (TPSA) is 62.2 Å². The number of β-amino-alcohol motifs (C(OH)–C–C–N with tert-alkyl or cyclic N) is 1. The van der Waals surface area contributed by atoms with Crippen molar-refractivity contribution in [2.45, 2.75) is 175 Å². The molecule has 278 valence electrons. The Bertz CT molecular complexity index is 886. The predicted molar refractivity (Wildman–Crippen MR) is 203 cm³/mol. The zero-order chi connectivity index (χ0) is 34.3. The molecule has 0 radical (unpaired) electrons. The second kappa shape index (κ2) is 30.2. The van der Waals surface area contributed by atoms with Crippen molar-refractivity contribution >= 4 is 5.97 Å². The van der Waals surface area contributed by atoms with E-state index in [1.165, 1.54) is 134 Å². The number of esters is 1. The first-order chi connectivity index (χ1) is 23.7. The minimum Gasteiger partial charge on any atom is -0.493 e. The van der Waals surface area contributed by atoms with Crippen molar-refractivity contribution in [1.29, 1.82) is 0 Å². The second-order valence-electron chi connectivity index (χ2n) is 14.4. The van der Waals surface area contributed by atoms with Gasteiger partial charge in [-0.25, -0.2) is 0 Å². The number of benzene rings is 1. The van der Waals surface area contributed by atoms with Gasteiger partial charge >= 0.3 is 5.97 Å². The predicted octanol–water partition coefficient (Wildman–Crippen LogP) is 10.3. The Morgan fingerprint density at radius 2 is 1.15 bits per heavy atom. The molecule has 1 saturated heterocycles. The number of hydrogen-bond acceptors (Lipinski definition) is 6.